The number of phenolic OH excluding ortho intramolecular Hbond substituents is 4. The molecule has 1 aliphatic rings. The Balaban J connectivity index is 2.04. The van der Waals surface area contributed by atoms with E-state index in [1.165, 1.54) is 6.07 Å². The van der Waals surface area contributed by atoms with Crippen LogP contribution in [0, 0.1) is 0 Å². The lowest BCUT2D eigenvalue weighted by molar-refractivity contribution is 0.0205. The lowest BCUT2D eigenvalue weighted by Gasteiger charge is -2.32. The fraction of sp³-hybridized carbons (Fsp3) is 0.143. The molecule has 3 aromatic carbocycles. The molecule has 4 rings (SSSR count). The van der Waals surface area contributed by atoms with E-state index in [0.29, 0.717) is 6.07 Å². The minimum Gasteiger partial charge on any atom is -0.508 e. The van der Waals surface area contributed by atoms with Crippen molar-refractivity contribution in [3.63, 3.8) is 0 Å². The molecule has 160 valence electrons. The topological polar surface area (TPSA) is 185 Å². The predicted molar refractivity (Wildman–Crippen MR) is 105 cm³/mol. The number of aromatic carboxylic acids is 1. The second-order valence-electron chi connectivity index (χ2n) is 7.14. The summed E-state index contributed by atoms with van der Waals surface area (Å²) in [4.78, 5) is 23.7. The SMILES string of the molecule is O=C(O)c1cc(=O)c(O)c2c(O)c(O)cc([C@H]3Oc4cc(O)cc(O)c4C[C@@H]3O)c2c1. The molecule has 0 bridgehead atoms. The summed E-state index contributed by atoms with van der Waals surface area (Å²) in [7, 11) is 0. The largest absolute Gasteiger partial charge is 0.508 e. The molecule has 0 saturated heterocycles. The molecule has 1 aliphatic heterocycles. The van der Waals surface area contributed by atoms with E-state index in [1.807, 2.05) is 0 Å². The maximum absolute atomic E-state index is 12.2. The van der Waals surface area contributed by atoms with Gasteiger partial charge in [0.2, 0.25) is 5.43 Å². The minimum atomic E-state index is -1.49. The average Bonchev–Trinajstić information content (AvgIpc) is 2.82. The van der Waals surface area contributed by atoms with E-state index in [0.717, 1.165) is 18.2 Å². The van der Waals surface area contributed by atoms with Crippen LogP contribution in [0.15, 0.2) is 35.1 Å². The molecular formula is C21H16O10. The van der Waals surface area contributed by atoms with Gasteiger partial charge < -0.3 is 40.5 Å². The zero-order chi connectivity index (χ0) is 22.6. The van der Waals surface area contributed by atoms with Crippen LogP contribution in [-0.4, -0.2) is 47.8 Å². The second-order valence-corrected chi connectivity index (χ2v) is 7.14. The van der Waals surface area contributed by atoms with Gasteiger partial charge in [0.15, 0.2) is 23.4 Å². The summed E-state index contributed by atoms with van der Waals surface area (Å²) in [5, 5.41) is 69.8. The van der Waals surface area contributed by atoms with Crippen molar-refractivity contribution < 1.29 is 45.3 Å². The Bertz CT molecular complexity index is 1310. The fourth-order valence-corrected chi connectivity index (χ4v) is 3.71. The molecule has 7 N–H and O–H groups in total. The highest BCUT2D eigenvalue weighted by atomic mass is 16.5. The molecule has 10 heteroatoms. The van der Waals surface area contributed by atoms with E-state index < -0.39 is 51.8 Å². The van der Waals surface area contributed by atoms with Crippen LogP contribution in [0.1, 0.15) is 27.6 Å². The molecular weight excluding hydrogens is 412 g/mol. The molecule has 0 aromatic heterocycles. The summed E-state index contributed by atoms with van der Waals surface area (Å²) in [5.41, 5.74) is -1.44. The van der Waals surface area contributed by atoms with Crippen LogP contribution in [0.25, 0.3) is 10.8 Å². The molecule has 31 heavy (non-hydrogen) atoms. The lowest BCUT2D eigenvalue weighted by Crippen LogP contribution is -2.30. The van der Waals surface area contributed by atoms with Gasteiger partial charge in [-0.05, 0) is 17.5 Å². The van der Waals surface area contributed by atoms with Crippen molar-refractivity contribution in [2.45, 2.75) is 18.6 Å². The molecule has 0 spiro atoms. The Labute approximate surface area is 173 Å². The van der Waals surface area contributed by atoms with E-state index in [9.17, 15) is 45.3 Å². The smallest absolute Gasteiger partial charge is 0.335 e. The maximum Gasteiger partial charge on any atom is 0.335 e. The minimum absolute atomic E-state index is 0.0287. The zero-order valence-corrected chi connectivity index (χ0v) is 15.6. The van der Waals surface area contributed by atoms with Crippen LogP contribution < -0.4 is 10.2 Å². The van der Waals surface area contributed by atoms with Gasteiger partial charge in [0, 0.05) is 35.7 Å². The van der Waals surface area contributed by atoms with E-state index in [1.54, 1.807) is 0 Å². The number of carboxylic acid groups (broad SMARTS) is 1. The highest BCUT2D eigenvalue weighted by Gasteiger charge is 2.34. The van der Waals surface area contributed by atoms with Gasteiger partial charge in [0.1, 0.15) is 17.2 Å². The Kier molecular flexibility index (Phi) is 4.51. The molecule has 3 aromatic rings. The third kappa shape index (κ3) is 3.19. The first-order valence-corrected chi connectivity index (χ1v) is 8.97. The number of aromatic hydroxyl groups is 5. The average molecular weight is 428 g/mol. The van der Waals surface area contributed by atoms with Crippen molar-refractivity contribution in [1.82, 2.24) is 0 Å². The molecule has 1 heterocycles. The molecule has 0 fully saturated rings. The first kappa shape index (κ1) is 20.1. The lowest BCUT2D eigenvalue weighted by atomic mass is 9.91. The second kappa shape index (κ2) is 6.96. The van der Waals surface area contributed by atoms with Gasteiger partial charge in [-0.25, -0.2) is 4.79 Å². The monoisotopic (exact) mass is 428 g/mol. The summed E-state index contributed by atoms with van der Waals surface area (Å²) in [6, 6.07) is 4.94. The van der Waals surface area contributed by atoms with Crippen molar-refractivity contribution in [3.8, 4) is 34.5 Å². The highest BCUT2D eigenvalue weighted by molar-refractivity contribution is 6.00. The van der Waals surface area contributed by atoms with Gasteiger partial charge in [0.05, 0.1) is 17.1 Å². The number of benzene rings is 2. The van der Waals surface area contributed by atoms with Crippen molar-refractivity contribution in [2.24, 2.45) is 0 Å². The highest BCUT2D eigenvalue weighted by Crippen LogP contribution is 2.46. The van der Waals surface area contributed by atoms with Crippen LogP contribution in [0.2, 0.25) is 0 Å². The summed E-state index contributed by atoms with van der Waals surface area (Å²) >= 11 is 0. The Morgan fingerprint density at radius 1 is 0.935 bits per heavy atom. The molecule has 0 unspecified atom stereocenters. The summed E-state index contributed by atoms with van der Waals surface area (Å²) in [6.07, 6.45) is -2.72. The van der Waals surface area contributed by atoms with Crippen molar-refractivity contribution in [2.75, 3.05) is 0 Å². The third-order valence-electron chi connectivity index (χ3n) is 5.15. The molecule has 0 radical (unpaired) electrons. The molecule has 2 atom stereocenters. The van der Waals surface area contributed by atoms with Crippen molar-refractivity contribution in [3.05, 3.63) is 57.2 Å². The van der Waals surface area contributed by atoms with Crippen LogP contribution in [0.3, 0.4) is 0 Å². The van der Waals surface area contributed by atoms with E-state index in [4.69, 9.17) is 4.74 Å². The van der Waals surface area contributed by atoms with Crippen LogP contribution >= 0.6 is 0 Å². The first-order valence-electron chi connectivity index (χ1n) is 8.97. The number of carbonyl (C=O) groups is 1. The first-order chi connectivity index (χ1) is 14.6. The fourth-order valence-electron chi connectivity index (χ4n) is 3.71. The van der Waals surface area contributed by atoms with Gasteiger partial charge in [-0.2, -0.15) is 0 Å². The number of carboxylic acids is 1. The molecule has 10 nitrogen and oxygen atoms in total. The molecule has 0 aliphatic carbocycles. The van der Waals surface area contributed by atoms with E-state index >= 15 is 0 Å². The van der Waals surface area contributed by atoms with E-state index in [2.05, 4.69) is 0 Å². The number of rotatable bonds is 2. The number of ether oxygens (including phenoxy) is 1. The third-order valence-corrected chi connectivity index (χ3v) is 5.15. The number of fused-ring (bicyclic) bond motifs is 2. The number of hydrogen-bond acceptors (Lipinski definition) is 9. The standard InChI is InChI=1S/C21H16O10/c22-8-3-12(23)11-6-15(26)20(31-16(11)4-8)10-5-14(25)19(28)17-9(10)1-7(21(29)30)2-13(24)18(17)27/h1-5,15,20,22-23,25-26,28H,6H2,(H,24,27)(H,29,30)/t15-,20+/m0/s1. The van der Waals surface area contributed by atoms with Crippen LogP contribution in [0.5, 0.6) is 34.5 Å². The zero-order valence-electron chi connectivity index (χ0n) is 15.6. The van der Waals surface area contributed by atoms with Crippen molar-refractivity contribution in [1.29, 1.82) is 0 Å². The predicted octanol–water partition coefficient (Wildman–Crippen LogP) is 1.46. The van der Waals surface area contributed by atoms with Gasteiger partial charge in [-0.1, -0.05) is 0 Å². The number of aliphatic hydroxyl groups is 1. The van der Waals surface area contributed by atoms with Crippen LogP contribution in [-0.2, 0) is 6.42 Å². The summed E-state index contributed by atoms with van der Waals surface area (Å²) in [6.45, 7) is 0. The molecule has 0 saturated carbocycles. The van der Waals surface area contributed by atoms with Gasteiger partial charge in [-0.15, -0.1) is 0 Å². The van der Waals surface area contributed by atoms with Crippen molar-refractivity contribution >= 4 is 16.7 Å². The quantitative estimate of drug-likeness (QED) is 0.295. The Morgan fingerprint density at radius 2 is 1.65 bits per heavy atom. The summed E-state index contributed by atoms with van der Waals surface area (Å²) < 4.78 is 5.73. The van der Waals surface area contributed by atoms with E-state index in [-0.39, 0.29) is 40.2 Å². The molecule has 0 amide bonds. The summed E-state index contributed by atoms with van der Waals surface area (Å²) in [5.74, 6) is -4.68. The number of hydrogen-bond donors (Lipinski definition) is 7. The maximum atomic E-state index is 12.2. The Morgan fingerprint density at radius 3 is 2.32 bits per heavy atom. The Hall–Kier alpha value is -4.18. The normalized spacial score (nSPS) is 17.7. The number of aliphatic hydroxyl groups excluding tert-OH is 1. The number of phenols is 4. The van der Waals surface area contributed by atoms with Crippen LogP contribution in [0.4, 0.5) is 0 Å². The van der Waals surface area contributed by atoms with Gasteiger partial charge in [0.25, 0.3) is 0 Å². The van der Waals surface area contributed by atoms with Gasteiger partial charge >= 0.3 is 5.97 Å². The van der Waals surface area contributed by atoms with Gasteiger partial charge in [-0.3, -0.25) is 4.79 Å².